The Morgan fingerprint density at radius 3 is 2.62 bits per heavy atom. The standard InChI is InChI=1S/C9H11IO3/c1-4-2-5(3-10)7-6(4)8(11)13-9(7)12/h4-7H,2-3H2,1H3. The Labute approximate surface area is 90.3 Å². The summed E-state index contributed by atoms with van der Waals surface area (Å²) >= 11 is 2.27. The van der Waals surface area contributed by atoms with Crippen molar-refractivity contribution in [3.63, 3.8) is 0 Å². The highest BCUT2D eigenvalue weighted by Gasteiger charge is 2.55. The maximum absolute atomic E-state index is 11.3. The molecule has 3 nitrogen and oxygen atoms in total. The summed E-state index contributed by atoms with van der Waals surface area (Å²) in [6.07, 6.45) is 0.985. The molecule has 2 fully saturated rings. The lowest BCUT2D eigenvalue weighted by Gasteiger charge is -2.09. The van der Waals surface area contributed by atoms with Crippen molar-refractivity contribution < 1.29 is 14.3 Å². The maximum Gasteiger partial charge on any atom is 0.317 e. The van der Waals surface area contributed by atoms with Crippen LogP contribution in [0.3, 0.4) is 0 Å². The molecule has 0 aromatic rings. The fraction of sp³-hybridized carbons (Fsp3) is 0.778. The van der Waals surface area contributed by atoms with Crippen molar-refractivity contribution in [2.24, 2.45) is 23.7 Å². The summed E-state index contributed by atoms with van der Waals surface area (Å²) in [5, 5.41) is 0. The third kappa shape index (κ3) is 1.30. The zero-order valence-corrected chi connectivity index (χ0v) is 9.48. The smallest absolute Gasteiger partial charge is 0.317 e. The molecule has 2 aliphatic rings. The number of hydrogen-bond donors (Lipinski definition) is 0. The van der Waals surface area contributed by atoms with Crippen molar-refractivity contribution in [3.8, 4) is 0 Å². The molecule has 4 atom stereocenters. The molecule has 72 valence electrons. The summed E-state index contributed by atoms with van der Waals surface area (Å²) in [6.45, 7) is 2.03. The number of esters is 2. The Hall–Kier alpha value is -0.130. The van der Waals surface area contributed by atoms with E-state index in [9.17, 15) is 9.59 Å². The normalized spacial score (nSPS) is 43.5. The topological polar surface area (TPSA) is 43.4 Å². The predicted molar refractivity (Wildman–Crippen MR) is 54.2 cm³/mol. The molecule has 0 aromatic carbocycles. The van der Waals surface area contributed by atoms with E-state index in [1.54, 1.807) is 0 Å². The first-order chi connectivity index (χ1) is 6.15. The number of carbonyl (C=O) groups is 2. The average Bonchev–Trinajstić information content (AvgIpc) is 2.54. The van der Waals surface area contributed by atoms with E-state index in [1.807, 2.05) is 6.92 Å². The van der Waals surface area contributed by atoms with Crippen LogP contribution < -0.4 is 0 Å². The van der Waals surface area contributed by atoms with Gasteiger partial charge in [0.25, 0.3) is 0 Å². The van der Waals surface area contributed by atoms with Gasteiger partial charge in [0.15, 0.2) is 0 Å². The molecule has 2 rings (SSSR count). The molecule has 1 heterocycles. The lowest BCUT2D eigenvalue weighted by molar-refractivity contribution is -0.154. The van der Waals surface area contributed by atoms with Gasteiger partial charge in [-0.1, -0.05) is 29.5 Å². The molecule has 1 aliphatic carbocycles. The first kappa shape index (κ1) is 9.43. The molecule has 4 unspecified atom stereocenters. The Balaban J connectivity index is 2.28. The van der Waals surface area contributed by atoms with Gasteiger partial charge in [-0.2, -0.15) is 0 Å². The highest BCUT2D eigenvalue weighted by Crippen LogP contribution is 2.46. The van der Waals surface area contributed by atoms with Gasteiger partial charge in [-0.25, -0.2) is 0 Å². The molecular formula is C9H11IO3. The first-order valence-electron chi connectivity index (χ1n) is 4.46. The number of rotatable bonds is 1. The summed E-state index contributed by atoms with van der Waals surface area (Å²) in [5.41, 5.74) is 0. The number of cyclic esters (lactones) is 2. The van der Waals surface area contributed by atoms with E-state index in [2.05, 4.69) is 27.3 Å². The lowest BCUT2D eigenvalue weighted by Crippen LogP contribution is -2.20. The van der Waals surface area contributed by atoms with Crippen molar-refractivity contribution in [2.45, 2.75) is 13.3 Å². The number of ether oxygens (including phenoxy) is 1. The molecule has 13 heavy (non-hydrogen) atoms. The second kappa shape index (κ2) is 3.22. The summed E-state index contributed by atoms with van der Waals surface area (Å²) in [7, 11) is 0. The van der Waals surface area contributed by atoms with Crippen molar-refractivity contribution in [1.82, 2.24) is 0 Å². The molecule has 0 amide bonds. The molecule has 4 heteroatoms. The highest BCUT2D eigenvalue weighted by atomic mass is 127. The number of carbonyl (C=O) groups excluding carboxylic acids is 2. The summed E-state index contributed by atoms with van der Waals surface area (Å²) in [5.74, 6) is -0.217. The van der Waals surface area contributed by atoms with Crippen LogP contribution in [-0.2, 0) is 14.3 Å². The van der Waals surface area contributed by atoms with E-state index in [1.165, 1.54) is 0 Å². The minimum atomic E-state index is -0.296. The van der Waals surface area contributed by atoms with Crippen LogP contribution >= 0.6 is 22.6 Å². The molecule has 0 aromatic heterocycles. The van der Waals surface area contributed by atoms with E-state index >= 15 is 0 Å². The average molecular weight is 294 g/mol. The molecule has 0 N–H and O–H groups in total. The lowest BCUT2D eigenvalue weighted by atomic mass is 9.91. The van der Waals surface area contributed by atoms with Gasteiger partial charge in [0, 0.05) is 4.43 Å². The zero-order chi connectivity index (χ0) is 9.59. The van der Waals surface area contributed by atoms with Crippen LogP contribution in [0.15, 0.2) is 0 Å². The van der Waals surface area contributed by atoms with Crippen LogP contribution in [0.5, 0.6) is 0 Å². The van der Waals surface area contributed by atoms with Gasteiger partial charge in [-0.15, -0.1) is 0 Å². The summed E-state index contributed by atoms with van der Waals surface area (Å²) in [6, 6.07) is 0. The Morgan fingerprint density at radius 1 is 1.38 bits per heavy atom. The predicted octanol–water partition coefficient (Wildman–Crippen LogP) is 1.39. The first-order valence-corrected chi connectivity index (χ1v) is 5.99. The van der Waals surface area contributed by atoms with Gasteiger partial charge in [-0.3, -0.25) is 9.59 Å². The van der Waals surface area contributed by atoms with Crippen LogP contribution in [0.1, 0.15) is 13.3 Å². The van der Waals surface area contributed by atoms with Gasteiger partial charge in [0.2, 0.25) is 0 Å². The van der Waals surface area contributed by atoms with Crippen LogP contribution in [0.2, 0.25) is 0 Å². The van der Waals surface area contributed by atoms with E-state index in [0.717, 1.165) is 10.8 Å². The van der Waals surface area contributed by atoms with Crippen LogP contribution in [0, 0.1) is 23.7 Å². The van der Waals surface area contributed by atoms with Crippen LogP contribution in [0.25, 0.3) is 0 Å². The zero-order valence-electron chi connectivity index (χ0n) is 7.33. The second-order valence-corrected chi connectivity index (χ2v) is 4.80. The summed E-state index contributed by atoms with van der Waals surface area (Å²) in [4.78, 5) is 22.6. The van der Waals surface area contributed by atoms with Gasteiger partial charge >= 0.3 is 11.9 Å². The Kier molecular flexibility index (Phi) is 2.33. The molecule has 0 bridgehead atoms. The number of fused-ring (bicyclic) bond motifs is 1. The van der Waals surface area contributed by atoms with Crippen LogP contribution in [0.4, 0.5) is 0 Å². The quantitative estimate of drug-likeness (QED) is 0.318. The molecular weight excluding hydrogens is 283 g/mol. The minimum absolute atomic E-state index is 0.139. The van der Waals surface area contributed by atoms with E-state index in [-0.39, 0.29) is 23.8 Å². The molecule has 0 radical (unpaired) electrons. The monoisotopic (exact) mass is 294 g/mol. The number of halogens is 1. The van der Waals surface area contributed by atoms with Gasteiger partial charge in [0.1, 0.15) is 0 Å². The molecule has 1 saturated carbocycles. The summed E-state index contributed by atoms with van der Waals surface area (Å²) < 4.78 is 5.59. The molecule has 0 spiro atoms. The Bertz CT molecular complexity index is 264. The third-order valence-electron chi connectivity index (χ3n) is 3.13. The van der Waals surface area contributed by atoms with E-state index in [0.29, 0.717) is 11.8 Å². The van der Waals surface area contributed by atoms with Gasteiger partial charge < -0.3 is 4.74 Å². The van der Waals surface area contributed by atoms with Crippen LogP contribution in [-0.4, -0.2) is 16.4 Å². The molecule has 1 aliphatic heterocycles. The van der Waals surface area contributed by atoms with Crippen molar-refractivity contribution in [1.29, 1.82) is 0 Å². The fourth-order valence-electron chi connectivity index (χ4n) is 2.53. The van der Waals surface area contributed by atoms with Crippen molar-refractivity contribution in [2.75, 3.05) is 4.43 Å². The number of alkyl halides is 1. The Morgan fingerprint density at radius 2 is 2.00 bits per heavy atom. The second-order valence-electron chi connectivity index (χ2n) is 3.92. The fourth-order valence-corrected chi connectivity index (χ4v) is 3.44. The maximum atomic E-state index is 11.3. The van der Waals surface area contributed by atoms with Crippen molar-refractivity contribution in [3.05, 3.63) is 0 Å². The SMILES string of the molecule is CC1CC(CI)C2C(=O)OC(=O)C12. The largest absolute Gasteiger partial charge is 0.393 e. The van der Waals surface area contributed by atoms with Gasteiger partial charge in [0.05, 0.1) is 11.8 Å². The van der Waals surface area contributed by atoms with E-state index in [4.69, 9.17) is 0 Å². The third-order valence-corrected chi connectivity index (χ3v) is 4.26. The minimum Gasteiger partial charge on any atom is -0.393 e. The van der Waals surface area contributed by atoms with Gasteiger partial charge in [-0.05, 0) is 18.3 Å². The highest BCUT2D eigenvalue weighted by molar-refractivity contribution is 14.1. The van der Waals surface area contributed by atoms with E-state index < -0.39 is 0 Å². The number of hydrogen-bond acceptors (Lipinski definition) is 3. The van der Waals surface area contributed by atoms with Crippen molar-refractivity contribution >= 4 is 34.5 Å². The molecule has 1 saturated heterocycles.